The van der Waals surface area contributed by atoms with E-state index in [4.69, 9.17) is 5.73 Å². The number of amides is 1. The van der Waals surface area contributed by atoms with E-state index < -0.39 is 0 Å². The fourth-order valence-electron chi connectivity index (χ4n) is 1.07. The third kappa shape index (κ3) is 3.74. The standard InChI is InChI=1S/C9H15N3OS/c1-6(2)11-8(13)4-3-7-5-14-9(10)12-7/h5-6H,3-4H2,1-2H3,(H2,10,12)(H,11,13). The zero-order valence-electron chi connectivity index (χ0n) is 8.41. The molecule has 14 heavy (non-hydrogen) atoms. The molecule has 0 bridgehead atoms. The monoisotopic (exact) mass is 213 g/mol. The fraction of sp³-hybridized carbons (Fsp3) is 0.556. The number of anilines is 1. The molecular weight excluding hydrogens is 198 g/mol. The molecule has 1 aromatic heterocycles. The van der Waals surface area contributed by atoms with Gasteiger partial charge in [-0.2, -0.15) is 0 Å². The van der Waals surface area contributed by atoms with Crippen molar-refractivity contribution in [2.24, 2.45) is 0 Å². The summed E-state index contributed by atoms with van der Waals surface area (Å²) in [5.41, 5.74) is 6.37. The molecule has 0 aromatic carbocycles. The van der Waals surface area contributed by atoms with Crippen molar-refractivity contribution >= 4 is 22.4 Å². The van der Waals surface area contributed by atoms with Gasteiger partial charge in [0.05, 0.1) is 5.69 Å². The van der Waals surface area contributed by atoms with Crippen LogP contribution in [0.3, 0.4) is 0 Å². The second kappa shape index (κ2) is 4.95. The van der Waals surface area contributed by atoms with Crippen LogP contribution in [0.2, 0.25) is 0 Å². The number of nitrogen functional groups attached to an aromatic ring is 1. The lowest BCUT2D eigenvalue weighted by molar-refractivity contribution is -0.121. The van der Waals surface area contributed by atoms with E-state index in [0.717, 1.165) is 5.69 Å². The van der Waals surface area contributed by atoms with Gasteiger partial charge in [-0.1, -0.05) is 0 Å². The van der Waals surface area contributed by atoms with E-state index in [9.17, 15) is 4.79 Å². The van der Waals surface area contributed by atoms with Gasteiger partial charge in [-0.05, 0) is 20.3 Å². The van der Waals surface area contributed by atoms with Crippen LogP contribution in [0, 0.1) is 0 Å². The molecule has 0 spiro atoms. The lowest BCUT2D eigenvalue weighted by Crippen LogP contribution is -2.30. The van der Waals surface area contributed by atoms with Crippen molar-refractivity contribution < 1.29 is 4.79 Å². The van der Waals surface area contributed by atoms with Crippen LogP contribution in [0.4, 0.5) is 5.13 Å². The Morgan fingerprint density at radius 2 is 2.43 bits per heavy atom. The number of hydrogen-bond donors (Lipinski definition) is 2. The number of hydrogen-bond acceptors (Lipinski definition) is 4. The van der Waals surface area contributed by atoms with E-state index in [2.05, 4.69) is 10.3 Å². The van der Waals surface area contributed by atoms with E-state index in [1.165, 1.54) is 11.3 Å². The summed E-state index contributed by atoms with van der Waals surface area (Å²) < 4.78 is 0. The quantitative estimate of drug-likeness (QED) is 0.789. The number of rotatable bonds is 4. The number of nitrogens with one attached hydrogen (secondary N) is 1. The molecule has 1 rings (SSSR count). The first-order valence-electron chi connectivity index (χ1n) is 4.57. The normalized spacial score (nSPS) is 10.5. The predicted octanol–water partition coefficient (Wildman–Crippen LogP) is 1.18. The molecule has 0 aliphatic heterocycles. The van der Waals surface area contributed by atoms with E-state index >= 15 is 0 Å². The van der Waals surface area contributed by atoms with Gasteiger partial charge in [-0.25, -0.2) is 4.98 Å². The topological polar surface area (TPSA) is 68.0 Å². The summed E-state index contributed by atoms with van der Waals surface area (Å²) >= 11 is 1.40. The first-order chi connectivity index (χ1) is 6.58. The predicted molar refractivity (Wildman–Crippen MR) is 58.1 cm³/mol. The molecule has 1 amide bonds. The number of carbonyl (C=O) groups excluding carboxylic acids is 1. The maximum Gasteiger partial charge on any atom is 0.220 e. The molecule has 4 nitrogen and oxygen atoms in total. The van der Waals surface area contributed by atoms with Gasteiger partial charge in [0.15, 0.2) is 5.13 Å². The van der Waals surface area contributed by atoms with Crippen LogP contribution < -0.4 is 11.1 Å². The van der Waals surface area contributed by atoms with Gasteiger partial charge in [0.2, 0.25) is 5.91 Å². The number of aromatic nitrogens is 1. The summed E-state index contributed by atoms with van der Waals surface area (Å²) in [5.74, 6) is 0.0616. The average molecular weight is 213 g/mol. The van der Waals surface area contributed by atoms with Gasteiger partial charge in [-0.3, -0.25) is 4.79 Å². The molecule has 1 aromatic rings. The van der Waals surface area contributed by atoms with Crippen LogP contribution in [0.5, 0.6) is 0 Å². The third-order valence-corrected chi connectivity index (χ3v) is 2.35. The molecule has 0 saturated heterocycles. The van der Waals surface area contributed by atoms with Gasteiger partial charge in [0, 0.05) is 17.8 Å². The van der Waals surface area contributed by atoms with Crippen LogP contribution in [0.1, 0.15) is 26.0 Å². The van der Waals surface area contributed by atoms with Crippen molar-refractivity contribution in [1.29, 1.82) is 0 Å². The Kier molecular flexibility index (Phi) is 3.88. The average Bonchev–Trinajstić information content (AvgIpc) is 2.47. The first-order valence-corrected chi connectivity index (χ1v) is 5.45. The van der Waals surface area contributed by atoms with E-state index in [1.807, 2.05) is 19.2 Å². The summed E-state index contributed by atoms with van der Waals surface area (Å²) in [7, 11) is 0. The number of thiazole rings is 1. The van der Waals surface area contributed by atoms with E-state index in [-0.39, 0.29) is 11.9 Å². The number of nitrogens with zero attached hydrogens (tertiary/aromatic N) is 1. The molecule has 0 aliphatic rings. The van der Waals surface area contributed by atoms with E-state index in [1.54, 1.807) is 0 Å². The molecule has 0 unspecified atom stereocenters. The summed E-state index contributed by atoms with van der Waals surface area (Å²) in [6.45, 7) is 3.89. The van der Waals surface area contributed by atoms with Crippen LogP contribution in [0.15, 0.2) is 5.38 Å². The number of nitrogens with two attached hydrogens (primary N) is 1. The molecule has 1 heterocycles. The van der Waals surface area contributed by atoms with Crippen molar-refractivity contribution in [2.75, 3.05) is 5.73 Å². The van der Waals surface area contributed by atoms with Crippen molar-refractivity contribution in [2.45, 2.75) is 32.7 Å². The highest BCUT2D eigenvalue weighted by molar-refractivity contribution is 7.13. The van der Waals surface area contributed by atoms with Crippen LogP contribution in [-0.2, 0) is 11.2 Å². The Bertz CT molecular complexity index is 309. The minimum Gasteiger partial charge on any atom is -0.375 e. The second-order valence-corrected chi connectivity index (χ2v) is 4.29. The molecule has 0 saturated carbocycles. The number of aryl methyl sites for hydroxylation is 1. The van der Waals surface area contributed by atoms with Crippen molar-refractivity contribution in [3.05, 3.63) is 11.1 Å². The molecule has 0 fully saturated rings. The molecule has 0 aliphatic carbocycles. The van der Waals surface area contributed by atoms with Gasteiger partial charge < -0.3 is 11.1 Å². The molecule has 3 N–H and O–H groups in total. The highest BCUT2D eigenvalue weighted by Gasteiger charge is 2.05. The van der Waals surface area contributed by atoms with Crippen LogP contribution >= 0.6 is 11.3 Å². The lowest BCUT2D eigenvalue weighted by Gasteiger charge is -2.06. The first kappa shape index (κ1) is 11.0. The van der Waals surface area contributed by atoms with Crippen molar-refractivity contribution in [3.8, 4) is 0 Å². The van der Waals surface area contributed by atoms with E-state index in [0.29, 0.717) is 18.0 Å². The second-order valence-electron chi connectivity index (χ2n) is 3.40. The minimum atomic E-state index is 0.0616. The Labute approximate surface area is 87.5 Å². The Morgan fingerprint density at radius 3 is 2.93 bits per heavy atom. The zero-order chi connectivity index (χ0) is 10.6. The van der Waals surface area contributed by atoms with Crippen molar-refractivity contribution in [1.82, 2.24) is 10.3 Å². The van der Waals surface area contributed by atoms with Gasteiger partial charge in [-0.15, -0.1) is 11.3 Å². The largest absolute Gasteiger partial charge is 0.375 e. The molecule has 78 valence electrons. The third-order valence-electron chi connectivity index (χ3n) is 1.63. The fourth-order valence-corrected chi connectivity index (χ4v) is 1.67. The molecule has 0 radical (unpaired) electrons. The van der Waals surface area contributed by atoms with Gasteiger partial charge >= 0.3 is 0 Å². The lowest BCUT2D eigenvalue weighted by atomic mass is 10.2. The zero-order valence-corrected chi connectivity index (χ0v) is 9.23. The van der Waals surface area contributed by atoms with Gasteiger partial charge in [0.25, 0.3) is 0 Å². The minimum absolute atomic E-state index is 0.0616. The molecule has 5 heteroatoms. The maximum atomic E-state index is 11.3. The maximum absolute atomic E-state index is 11.3. The highest BCUT2D eigenvalue weighted by Crippen LogP contribution is 2.12. The Balaban J connectivity index is 2.30. The Morgan fingerprint density at radius 1 is 1.71 bits per heavy atom. The number of carbonyl (C=O) groups is 1. The molecular formula is C9H15N3OS. The highest BCUT2D eigenvalue weighted by atomic mass is 32.1. The SMILES string of the molecule is CC(C)NC(=O)CCc1csc(N)n1. The van der Waals surface area contributed by atoms with Gasteiger partial charge in [0.1, 0.15) is 0 Å². The van der Waals surface area contributed by atoms with Crippen molar-refractivity contribution in [3.63, 3.8) is 0 Å². The summed E-state index contributed by atoms with van der Waals surface area (Å²) in [4.78, 5) is 15.3. The van der Waals surface area contributed by atoms with Crippen LogP contribution in [-0.4, -0.2) is 16.9 Å². The summed E-state index contributed by atoms with van der Waals surface area (Å²) in [6, 6.07) is 0.197. The smallest absolute Gasteiger partial charge is 0.220 e. The van der Waals surface area contributed by atoms with Crippen LogP contribution in [0.25, 0.3) is 0 Å². The molecule has 0 atom stereocenters. The summed E-state index contributed by atoms with van der Waals surface area (Å²) in [6.07, 6.45) is 1.13. The Hall–Kier alpha value is -1.10. The summed E-state index contributed by atoms with van der Waals surface area (Å²) in [5, 5.41) is 5.27.